The van der Waals surface area contributed by atoms with Gasteiger partial charge in [-0.15, -0.1) is 0 Å². The molecule has 4 nitrogen and oxygen atoms in total. The Morgan fingerprint density at radius 2 is 1.94 bits per heavy atom. The van der Waals surface area contributed by atoms with Crippen molar-refractivity contribution in [1.82, 2.24) is 10.2 Å². The Hall–Kier alpha value is -0.610. The van der Waals surface area contributed by atoms with Gasteiger partial charge in [0, 0.05) is 12.6 Å². The topological polar surface area (TPSA) is 52.6 Å². The van der Waals surface area contributed by atoms with E-state index >= 15 is 0 Å². The van der Waals surface area contributed by atoms with Gasteiger partial charge in [-0.3, -0.25) is 4.79 Å². The highest BCUT2D eigenvalue weighted by atomic mass is 16.4. The molecule has 0 heterocycles. The summed E-state index contributed by atoms with van der Waals surface area (Å²) in [4.78, 5) is 13.3. The number of hydrogen-bond acceptors (Lipinski definition) is 3. The monoisotopic (exact) mass is 256 g/mol. The number of carboxylic acid groups (broad SMARTS) is 1. The number of carboxylic acids is 1. The lowest BCUT2D eigenvalue weighted by atomic mass is 9.84. The van der Waals surface area contributed by atoms with Crippen LogP contribution < -0.4 is 5.32 Å². The molecule has 1 atom stereocenters. The maximum Gasteiger partial charge on any atom is 0.322 e. The number of rotatable bonds is 7. The van der Waals surface area contributed by atoms with Crippen molar-refractivity contribution in [2.75, 3.05) is 20.1 Å². The van der Waals surface area contributed by atoms with Crippen LogP contribution in [0.25, 0.3) is 0 Å². The molecule has 0 amide bonds. The predicted octanol–water partition coefficient (Wildman–Crippen LogP) is 1.95. The van der Waals surface area contributed by atoms with E-state index in [1.165, 1.54) is 32.1 Å². The standard InChI is InChI=1S/C14H28N2O2/c1-4-11-6-8-12(9-7-11)16(3)10-13(14(17)18)15-5-2/h11-13,15H,4-10H2,1-3H3,(H,17,18). The number of hydrogen-bond donors (Lipinski definition) is 2. The number of nitrogens with one attached hydrogen (secondary N) is 1. The van der Waals surface area contributed by atoms with E-state index in [1.54, 1.807) is 0 Å². The van der Waals surface area contributed by atoms with Gasteiger partial charge in [-0.2, -0.15) is 0 Å². The Bertz CT molecular complexity index is 250. The van der Waals surface area contributed by atoms with Crippen molar-refractivity contribution in [3.05, 3.63) is 0 Å². The average molecular weight is 256 g/mol. The molecule has 1 aliphatic rings. The largest absolute Gasteiger partial charge is 0.480 e. The zero-order chi connectivity index (χ0) is 13.5. The van der Waals surface area contributed by atoms with Gasteiger partial charge in [0.05, 0.1) is 0 Å². The van der Waals surface area contributed by atoms with Crippen LogP contribution in [0.15, 0.2) is 0 Å². The Labute approximate surface area is 111 Å². The van der Waals surface area contributed by atoms with E-state index in [1.807, 2.05) is 6.92 Å². The minimum atomic E-state index is -0.744. The highest BCUT2D eigenvalue weighted by Gasteiger charge is 2.26. The van der Waals surface area contributed by atoms with Crippen LogP contribution in [-0.4, -0.2) is 48.2 Å². The Morgan fingerprint density at radius 1 is 1.33 bits per heavy atom. The number of carbonyl (C=O) groups is 1. The summed E-state index contributed by atoms with van der Waals surface area (Å²) in [5, 5.41) is 12.2. The van der Waals surface area contributed by atoms with Gasteiger partial charge in [-0.1, -0.05) is 20.3 Å². The molecular weight excluding hydrogens is 228 g/mol. The molecule has 0 radical (unpaired) electrons. The predicted molar refractivity (Wildman–Crippen MR) is 73.8 cm³/mol. The summed E-state index contributed by atoms with van der Waals surface area (Å²) in [5.41, 5.74) is 0. The lowest BCUT2D eigenvalue weighted by Gasteiger charge is -2.35. The molecule has 18 heavy (non-hydrogen) atoms. The Morgan fingerprint density at radius 3 is 2.39 bits per heavy atom. The molecule has 106 valence electrons. The van der Waals surface area contributed by atoms with Gasteiger partial charge in [0.15, 0.2) is 0 Å². The number of nitrogens with zero attached hydrogens (tertiary/aromatic N) is 1. The van der Waals surface area contributed by atoms with Gasteiger partial charge in [0.1, 0.15) is 6.04 Å². The van der Waals surface area contributed by atoms with Crippen LogP contribution in [0.3, 0.4) is 0 Å². The fraction of sp³-hybridized carbons (Fsp3) is 0.929. The third-order valence-corrected chi connectivity index (χ3v) is 4.24. The average Bonchev–Trinajstić information content (AvgIpc) is 2.38. The molecule has 1 rings (SSSR count). The van der Waals surface area contributed by atoms with Crippen molar-refractivity contribution in [3.8, 4) is 0 Å². The first-order chi connectivity index (χ1) is 8.58. The molecule has 0 aromatic rings. The zero-order valence-electron chi connectivity index (χ0n) is 12.0. The lowest BCUT2D eigenvalue weighted by molar-refractivity contribution is -0.140. The van der Waals surface area contributed by atoms with E-state index in [-0.39, 0.29) is 0 Å². The first kappa shape index (κ1) is 15.4. The van der Waals surface area contributed by atoms with E-state index in [0.717, 1.165) is 5.92 Å². The number of aliphatic carboxylic acids is 1. The van der Waals surface area contributed by atoms with Crippen molar-refractivity contribution in [2.24, 2.45) is 5.92 Å². The first-order valence-corrected chi connectivity index (χ1v) is 7.24. The highest BCUT2D eigenvalue weighted by molar-refractivity contribution is 5.73. The fourth-order valence-corrected chi connectivity index (χ4v) is 2.91. The van der Waals surface area contributed by atoms with Crippen LogP contribution >= 0.6 is 0 Å². The molecule has 0 aromatic heterocycles. The molecule has 4 heteroatoms. The quantitative estimate of drug-likeness (QED) is 0.731. The van der Waals surface area contributed by atoms with Crippen LogP contribution in [0.5, 0.6) is 0 Å². The second-order valence-corrected chi connectivity index (χ2v) is 5.47. The lowest BCUT2D eigenvalue weighted by Crippen LogP contribution is -2.48. The normalized spacial score (nSPS) is 26.2. The summed E-state index contributed by atoms with van der Waals surface area (Å²) < 4.78 is 0. The van der Waals surface area contributed by atoms with E-state index in [0.29, 0.717) is 19.1 Å². The molecule has 1 saturated carbocycles. The van der Waals surface area contributed by atoms with Crippen LogP contribution in [0.4, 0.5) is 0 Å². The van der Waals surface area contributed by atoms with Crippen LogP contribution in [-0.2, 0) is 4.79 Å². The summed E-state index contributed by atoms with van der Waals surface area (Å²) in [6.07, 6.45) is 6.31. The van der Waals surface area contributed by atoms with Crippen LogP contribution in [0.2, 0.25) is 0 Å². The summed E-state index contributed by atoms with van der Waals surface area (Å²) in [5.74, 6) is 0.143. The van der Waals surface area contributed by atoms with E-state index in [9.17, 15) is 4.79 Å². The summed E-state index contributed by atoms with van der Waals surface area (Å²) in [6.45, 7) is 5.51. The fourth-order valence-electron chi connectivity index (χ4n) is 2.91. The van der Waals surface area contributed by atoms with E-state index < -0.39 is 12.0 Å². The molecule has 0 bridgehead atoms. The second kappa shape index (κ2) is 7.74. The van der Waals surface area contributed by atoms with Crippen molar-refractivity contribution in [2.45, 2.75) is 58.0 Å². The minimum Gasteiger partial charge on any atom is -0.480 e. The summed E-state index contributed by atoms with van der Waals surface area (Å²) in [6, 6.07) is 0.122. The van der Waals surface area contributed by atoms with Gasteiger partial charge < -0.3 is 15.3 Å². The van der Waals surface area contributed by atoms with Crippen molar-refractivity contribution >= 4 is 5.97 Å². The minimum absolute atomic E-state index is 0.441. The molecular formula is C14H28N2O2. The molecule has 0 spiro atoms. The van der Waals surface area contributed by atoms with E-state index in [4.69, 9.17) is 5.11 Å². The van der Waals surface area contributed by atoms with Crippen LogP contribution in [0.1, 0.15) is 46.0 Å². The Kier molecular flexibility index (Phi) is 6.65. The van der Waals surface area contributed by atoms with Crippen molar-refractivity contribution in [3.63, 3.8) is 0 Å². The summed E-state index contributed by atoms with van der Waals surface area (Å²) >= 11 is 0. The zero-order valence-corrected chi connectivity index (χ0v) is 12.0. The van der Waals surface area contributed by atoms with Gasteiger partial charge in [-0.25, -0.2) is 0 Å². The molecule has 1 fully saturated rings. The van der Waals surface area contributed by atoms with Crippen molar-refractivity contribution in [1.29, 1.82) is 0 Å². The maximum atomic E-state index is 11.1. The van der Waals surface area contributed by atoms with Gasteiger partial charge in [-0.05, 0) is 45.2 Å². The molecule has 0 aromatic carbocycles. The van der Waals surface area contributed by atoms with Gasteiger partial charge in [0.2, 0.25) is 0 Å². The summed E-state index contributed by atoms with van der Waals surface area (Å²) in [7, 11) is 2.06. The second-order valence-electron chi connectivity index (χ2n) is 5.47. The smallest absolute Gasteiger partial charge is 0.322 e. The molecule has 0 aliphatic heterocycles. The molecule has 0 saturated heterocycles. The third kappa shape index (κ3) is 4.58. The van der Waals surface area contributed by atoms with Crippen LogP contribution in [0, 0.1) is 5.92 Å². The molecule has 1 aliphatic carbocycles. The Balaban J connectivity index is 2.39. The number of likely N-dealkylation sites (N-methyl/N-ethyl adjacent to an activating group) is 2. The maximum absolute atomic E-state index is 11.1. The highest BCUT2D eigenvalue weighted by Crippen LogP contribution is 2.28. The van der Waals surface area contributed by atoms with E-state index in [2.05, 4.69) is 24.2 Å². The molecule has 1 unspecified atom stereocenters. The van der Waals surface area contributed by atoms with Gasteiger partial charge in [0.25, 0.3) is 0 Å². The molecule has 2 N–H and O–H groups in total. The SMILES string of the molecule is CCNC(CN(C)C1CCC(CC)CC1)C(=O)O. The first-order valence-electron chi connectivity index (χ1n) is 7.24. The van der Waals surface area contributed by atoms with Gasteiger partial charge >= 0.3 is 5.97 Å². The third-order valence-electron chi connectivity index (χ3n) is 4.24. The van der Waals surface area contributed by atoms with Crippen molar-refractivity contribution < 1.29 is 9.90 Å².